The molecule has 2 amide bonds. The summed E-state index contributed by atoms with van der Waals surface area (Å²) >= 11 is 0. The lowest BCUT2D eigenvalue weighted by Gasteiger charge is -2.34. The summed E-state index contributed by atoms with van der Waals surface area (Å²) in [5.41, 5.74) is 0. The number of carbonyl (C=O) groups excluding carboxylic acids is 2. The minimum Gasteiger partial charge on any atom is -0.342 e. The molecule has 2 aliphatic rings. The molecule has 0 aromatic rings. The van der Waals surface area contributed by atoms with Crippen molar-refractivity contribution >= 4 is 24.2 Å². The molecule has 0 aromatic heterocycles. The van der Waals surface area contributed by atoms with E-state index in [-0.39, 0.29) is 30.1 Å². The van der Waals surface area contributed by atoms with Crippen LogP contribution >= 0.6 is 12.4 Å². The van der Waals surface area contributed by atoms with Crippen LogP contribution in [0.2, 0.25) is 0 Å². The third kappa shape index (κ3) is 3.85. The highest BCUT2D eigenvalue weighted by Gasteiger charge is 2.36. The first-order chi connectivity index (χ1) is 9.15. The molecule has 2 heterocycles. The summed E-state index contributed by atoms with van der Waals surface area (Å²) in [6.07, 6.45) is 2.67. The van der Waals surface area contributed by atoms with Gasteiger partial charge in [-0.1, -0.05) is 0 Å². The maximum Gasteiger partial charge on any atom is 0.228 e. The Bertz CT molecular complexity index is 349. The summed E-state index contributed by atoms with van der Waals surface area (Å²) in [5.74, 6) is 0.762. The second-order valence-electron chi connectivity index (χ2n) is 5.68. The molecule has 2 aliphatic heterocycles. The van der Waals surface area contributed by atoms with E-state index in [1.54, 1.807) is 4.90 Å². The van der Waals surface area contributed by atoms with Crippen LogP contribution in [-0.4, -0.2) is 61.4 Å². The van der Waals surface area contributed by atoms with Gasteiger partial charge in [0.2, 0.25) is 11.8 Å². The molecule has 0 radical (unpaired) electrons. The van der Waals surface area contributed by atoms with Gasteiger partial charge < -0.3 is 15.1 Å². The molecule has 6 heteroatoms. The minimum absolute atomic E-state index is 0. The lowest BCUT2D eigenvalue weighted by atomic mass is 9.96. The van der Waals surface area contributed by atoms with Gasteiger partial charge in [-0.3, -0.25) is 9.59 Å². The highest BCUT2D eigenvalue weighted by atomic mass is 35.5. The molecule has 0 spiro atoms. The van der Waals surface area contributed by atoms with Crippen LogP contribution in [0.15, 0.2) is 0 Å². The molecule has 2 atom stereocenters. The van der Waals surface area contributed by atoms with Gasteiger partial charge >= 0.3 is 0 Å². The van der Waals surface area contributed by atoms with Gasteiger partial charge in [0.25, 0.3) is 0 Å². The molecule has 1 N–H and O–H groups in total. The van der Waals surface area contributed by atoms with Crippen molar-refractivity contribution in [2.24, 2.45) is 11.8 Å². The predicted molar refractivity (Wildman–Crippen MR) is 80.8 cm³/mol. The molecule has 2 fully saturated rings. The summed E-state index contributed by atoms with van der Waals surface area (Å²) in [6, 6.07) is 0. The predicted octanol–water partition coefficient (Wildman–Crippen LogP) is 0.735. The molecule has 20 heavy (non-hydrogen) atoms. The highest BCUT2D eigenvalue weighted by molar-refractivity contribution is 5.89. The number of halogens is 1. The van der Waals surface area contributed by atoms with Crippen LogP contribution in [0.1, 0.15) is 26.2 Å². The Hall–Kier alpha value is -0.810. The zero-order valence-corrected chi connectivity index (χ0v) is 13.2. The van der Waals surface area contributed by atoms with Crippen molar-refractivity contribution in [2.75, 3.05) is 39.8 Å². The van der Waals surface area contributed by atoms with Gasteiger partial charge in [-0.2, -0.15) is 0 Å². The number of amides is 2. The van der Waals surface area contributed by atoms with Crippen molar-refractivity contribution < 1.29 is 9.59 Å². The van der Waals surface area contributed by atoms with Crippen LogP contribution in [0.3, 0.4) is 0 Å². The average molecular weight is 304 g/mol. The van der Waals surface area contributed by atoms with Gasteiger partial charge in [0.15, 0.2) is 0 Å². The van der Waals surface area contributed by atoms with Crippen LogP contribution < -0.4 is 5.32 Å². The van der Waals surface area contributed by atoms with Crippen molar-refractivity contribution in [1.82, 2.24) is 15.1 Å². The molecule has 0 aliphatic carbocycles. The van der Waals surface area contributed by atoms with Gasteiger partial charge in [-0.15, -0.1) is 12.4 Å². The fourth-order valence-electron chi connectivity index (χ4n) is 3.22. The Kier molecular flexibility index (Phi) is 6.76. The Labute approximate surface area is 127 Å². The Morgan fingerprint density at radius 2 is 2.15 bits per heavy atom. The molecule has 2 rings (SSSR count). The number of piperidine rings is 1. The number of likely N-dealkylation sites (tertiary alicyclic amines) is 2. The summed E-state index contributed by atoms with van der Waals surface area (Å²) in [6.45, 7) is 5.96. The van der Waals surface area contributed by atoms with E-state index in [4.69, 9.17) is 0 Å². The largest absolute Gasteiger partial charge is 0.342 e. The van der Waals surface area contributed by atoms with Crippen LogP contribution in [0.25, 0.3) is 0 Å². The molecule has 2 unspecified atom stereocenters. The van der Waals surface area contributed by atoms with Gasteiger partial charge in [-0.25, -0.2) is 0 Å². The summed E-state index contributed by atoms with van der Waals surface area (Å²) in [7, 11) is 1.95. The molecule has 0 saturated carbocycles. The van der Waals surface area contributed by atoms with Crippen molar-refractivity contribution in [1.29, 1.82) is 0 Å². The van der Waals surface area contributed by atoms with Crippen LogP contribution in [0.4, 0.5) is 0 Å². The van der Waals surface area contributed by atoms with Crippen LogP contribution in [0, 0.1) is 11.8 Å². The lowest BCUT2D eigenvalue weighted by Crippen LogP contribution is -2.45. The smallest absolute Gasteiger partial charge is 0.228 e. The normalized spacial score (nSPS) is 26.6. The van der Waals surface area contributed by atoms with Crippen LogP contribution in [0.5, 0.6) is 0 Å². The zero-order valence-electron chi connectivity index (χ0n) is 12.4. The van der Waals surface area contributed by atoms with E-state index in [9.17, 15) is 9.59 Å². The average Bonchev–Trinajstić information content (AvgIpc) is 2.80. The number of rotatable bonds is 4. The third-order valence-electron chi connectivity index (χ3n) is 4.27. The molecule has 0 bridgehead atoms. The SMILES string of the molecule is CCN1CC(C(=O)N2CCCC(CNC)C2)CC1=O.Cl. The molecular formula is C14H26ClN3O2. The standard InChI is InChI=1S/C14H25N3O2.ClH/c1-3-16-10-12(7-13(16)18)14(19)17-6-4-5-11(9-17)8-15-2;/h11-12,15H,3-10H2,1-2H3;1H. The minimum atomic E-state index is -0.110. The third-order valence-corrected chi connectivity index (χ3v) is 4.27. The topological polar surface area (TPSA) is 52.7 Å². The number of hydrogen-bond donors (Lipinski definition) is 1. The first-order valence-electron chi connectivity index (χ1n) is 7.36. The van der Waals surface area contributed by atoms with Gasteiger partial charge in [-0.05, 0) is 39.3 Å². The van der Waals surface area contributed by atoms with E-state index in [0.29, 0.717) is 25.4 Å². The van der Waals surface area contributed by atoms with Crippen molar-refractivity contribution in [3.63, 3.8) is 0 Å². The number of carbonyl (C=O) groups is 2. The maximum atomic E-state index is 12.5. The molecule has 116 valence electrons. The Balaban J connectivity index is 0.00000200. The van der Waals surface area contributed by atoms with E-state index in [2.05, 4.69) is 5.32 Å². The first-order valence-corrected chi connectivity index (χ1v) is 7.36. The molecule has 5 nitrogen and oxygen atoms in total. The zero-order chi connectivity index (χ0) is 13.8. The van der Waals surface area contributed by atoms with E-state index in [1.165, 1.54) is 6.42 Å². The lowest BCUT2D eigenvalue weighted by molar-refractivity contribution is -0.137. The Morgan fingerprint density at radius 3 is 2.75 bits per heavy atom. The number of hydrogen-bond acceptors (Lipinski definition) is 3. The van der Waals surface area contributed by atoms with E-state index >= 15 is 0 Å². The molecule has 2 saturated heterocycles. The number of nitrogens with zero attached hydrogens (tertiary/aromatic N) is 2. The van der Waals surface area contributed by atoms with Gasteiger partial charge in [0, 0.05) is 32.6 Å². The fraction of sp³-hybridized carbons (Fsp3) is 0.857. The summed E-state index contributed by atoms with van der Waals surface area (Å²) in [4.78, 5) is 28.0. The van der Waals surface area contributed by atoms with Gasteiger partial charge in [0.1, 0.15) is 0 Å². The Morgan fingerprint density at radius 1 is 1.40 bits per heavy atom. The quantitative estimate of drug-likeness (QED) is 0.833. The van der Waals surface area contributed by atoms with Crippen LogP contribution in [-0.2, 0) is 9.59 Å². The second kappa shape index (κ2) is 7.84. The van der Waals surface area contributed by atoms with Crippen molar-refractivity contribution in [2.45, 2.75) is 26.2 Å². The fourth-order valence-corrected chi connectivity index (χ4v) is 3.22. The molecule has 0 aromatic carbocycles. The highest BCUT2D eigenvalue weighted by Crippen LogP contribution is 2.23. The van der Waals surface area contributed by atoms with E-state index in [1.807, 2.05) is 18.9 Å². The molecular weight excluding hydrogens is 278 g/mol. The van der Waals surface area contributed by atoms with Crippen molar-refractivity contribution in [3.05, 3.63) is 0 Å². The monoisotopic (exact) mass is 303 g/mol. The summed E-state index contributed by atoms with van der Waals surface area (Å²) < 4.78 is 0. The summed E-state index contributed by atoms with van der Waals surface area (Å²) in [5, 5.41) is 3.19. The van der Waals surface area contributed by atoms with E-state index in [0.717, 1.165) is 26.1 Å². The van der Waals surface area contributed by atoms with Gasteiger partial charge in [0.05, 0.1) is 5.92 Å². The maximum absolute atomic E-state index is 12.5. The first kappa shape index (κ1) is 17.2. The second-order valence-corrected chi connectivity index (χ2v) is 5.68. The van der Waals surface area contributed by atoms with E-state index < -0.39 is 0 Å². The van der Waals surface area contributed by atoms with Crippen molar-refractivity contribution in [3.8, 4) is 0 Å². The number of nitrogens with one attached hydrogen (secondary N) is 1.